The quantitative estimate of drug-likeness (QED) is 0.805. The maximum atomic E-state index is 12.7. The number of hydrogen-bond donors (Lipinski definition) is 2. The zero-order chi connectivity index (χ0) is 16.5. The van der Waals surface area contributed by atoms with Gasteiger partial charge in [-0.15, -0.1) is 0 Å². The lowest BCUT2D eigenvalue weighted by Crippen LogP contribution is -2.34. The van der Waals surface area contributed by atoms with Crippen LogP contribution in [0.1, 0.15) is 15.9 Å². The molecule has 2 amide bonds. The number of amides is 2. The van der Waals surface area contributed by atoms with Gasteiger partial charge in [-0.25, -0.2) is 9.18 Å². The Morgan fingerprint density at radius 3 is 2.26 bits per heavy atom. The standard InChI is InChI=1S/C17H17FN2O3/c18-15-8-6-14(7-9-15)16(21)19-10-11-20-17(22)23-12-13-4-2-1-3-5-13/h1-9H,10-12H2,(H,19,21)(H,20,22). The van der Waals surface area contributed by atoms with Crippen molar-refractivity contribution in [2.24, 2.45) is 0 Å². The van der Waals surface area contributed by atoms with E-state index < -0.39 is 11.9 Å². The number of benzene rings is 2. The lowest BCUT2D eigenvalue weighted by molar-refractivity contribution is 0.0951. The maximum absolute atomic E-state index is 12.7. The van der Waals surface area contributed by atoms with Gasteiger partial charge in [-0.2, -0.15) is 0 Å². The van der Waals surface area contributed by atoms with Gasteiger partial charge < -0.3 is 15.4 Å². The number of nitrogens with one attached hydrogen (secondary N) is 2. The zero-order valence-corrected chi connectivity index (χ0v) is 12.4. The van der Waals surface area contributed by atoms with Gasteiger partial charge >= 0.3 is 6.09 Å². The number of carbonyl (C=O) groups excluding carboxylic acids is 2. The third kappa shape index (κ3) is 5.78. The van der Waals surface area contributed by atoms with Crippen LogP contribution in [0, 0.1) is 5.82 Å². The van der Waals surface area contributed by atoms with Gasteiger partial charge in [0, 0.05) is 18.7 Å². The lowest BCUT2D eigenvalue weighted by Gasteiger charge is -2.08. The summed E-state index contributed by atoms with van der Waals surface area (Å²) in [6.45, 7) is 0.672. The van der Waals surface area contributed by atoms with Crippen molar-refractivity contribution < 1.29 is 18.7 Å². The topological polar surface area (TPSA) is 67.4 Å². The van der Waals surface area contributed by atoms with E-state index in [1.165, 1.54) is 24.3 Å². The molecule has 6 heteroatoms. The largest absolute Gasteiger partial charge is 0.445 e. The minimum absolute atomic E-state index is 0.189. The molecule has 0 atom stereocenters. The van der Waals surface area contributed by atoms with Crippen LogP contribution in [0.25, 0.3) is 0 Å². The van der Waals surface area contributed by atoms with Crippen molar-refractivity contribution in [2.75, 3.05) is 13.1 Å². The molecular formula is C17H17FN2O3. The van der Waals surface area contributed by atoms with E-state index in [-0.39, 0.29) is 25.6 Å². The summed E-state index contributed by atoms with van der Waals surface area (Å²) in [5, 5.41) is 5.15. The Bertz CT molecular complexity index is 645. The molecule has 0 bridgehead atoms. The minimum atomic E-state index is -0.551. The van der Waals surface area contributed by atoms with Crippen molar-refractivity contribution in [3.63, 3.8) is 0 Å². The Labute approximate surface area is 133 Å². The summed E-state index contributed by atoms with van der Waals surface area (Å²) in [6.07, 6.45) is -0.551. The minimum Gasteiger partial charge on any atom is -0.445 e. The molecule has 0 fully saturated rings. The monoisotopic (exact) mass is 316 g/mol. The molecule has 0 aliphatic carbocycles. The molecule has 0 spiro atoms. The van der Waals surface area contributed by atoms with Crippen LogP contribution < -0.4 is 10.6 Å². The Morgan fingerprint density at radius 2 is 1.57 bits per heavy atom. The summed E-state index contributed by atoms with van der Waals surface area (Å²) in [5.41, 5.74) is 1.25. The predicted octanol–water partition coefficient (Wildman–Crippen LogP) is 2.48. The average Bonchev–Trinajstić information content (AvgIpc) is 2.58. The number of alkyl carbamates (subject to hydrolysis) is 1. The third-order valence-corrected chi connectivity index (χ3v) is 3.00. The van der Waals surface area contributed by atoms with Gasteiger partial charge in [-0.1, -0.05) is 30.3 Å². The smallest absolute Gasteiger partial charge is 0.407 e. The van der Waals surface area contributed by atoms with E-state index in [2.05, 4.69) is 10.6 Å². The molecule has 0 saturated heterocycles. The fourth-order valence-electron chi connectivity index (χ4n) is 1.82. The van der Waals surface area contributed by atoms with Crippen molar-refractivity contribution in [1.29, 1.82) is 0 Å². The summed E-state index contributed by atoms with van der Waals surface area (Å²) in [6, 6.07) is 14.5. The molecule has 2 rings (SSSR count). The highest BCUT2D eigenvalue weighted by Gasteiger charge is 2.06. The second kappa shape index (κ2) is 8.53. The molecule has 23 heavy (non-hydrogen) atoms. The van der Waals surface area contributed by atoms with Crippen molar-refractivity contribution in [3.8, 4) is 0 Å². The molecule has 2 aromatic rings. The van der Waals surface area contributed by atoms with E-state index in [1.807, 2.05) is 30.3 Å². The molecule has 0 saturated carbocycles. The second-order valence-electron chi connectivity index (χ2n) is 4.75. The summed E-state index contributed by atoms with van der Waals surface area (Å²) < 4.78 is 17.8. The SMILES string of the molecule is O=C(NCCNC(=O)c1ccc(F)cc1)OCc1ccccc1. The molecule has 0 unspecified atom stereocenters. The highest BCUT2D eigenvalue weighted by atomic mass is 19.1. The Hall–Kier alpha value is -2.89. The predicted molar refractivity (Wildman–Crippen MR) is 83.4 cm³/mol. The van der Waals surface area contributed by atoms with E-state index in [4.69, 9.17) is 4.74 Å². The number of ether oxygens (including phenoxy) is 1. The summed E-state index contributed by atoms with van der Waals surface area (Å²) in [4.78, 5) is 23.2. The van der Waals surface area contributed by atoms with Crippen LogP contribution in [0.4, 0.5) is 9.18 Å². The number of hydrogen-bond acceptors (Lipinski definition) is 3. The van der Waals surface area contributed by atoms with Gasteiger partial charge in [0.25, 0.3) is 5.91 Å². The molecule has 0 heterocycles. The normalized spacial score (nSPS) is 9.96. The van der Waals surface area contributed by atoms with Gasteiger partial charge in [0.1, 0.15) is 12.4 Å². The van der Waals surface area contributed by atoms with Gasteiger partial charge in [0.2, 0.25) is 0 Å². The Balaban J connectivity index is 1.62. The van der Waals surface area contributed by atoms with Crippen LogP contribution in [-0.4, -0.2) is 25.1 Å². The van der Waals surface area contributed by atoms with Crippen molar-refractivity contribution in [1.82, 2.24) is 10.6 Å². The molecule has 0 aliphatic heterocycles. The lowest BCUT2D eigenvalue weighted by atomic mass is 10.2. The fraction of sp³-hybridized carbons (Fsp3) is 0.176. The average molecular weight is 316 g/mol. The first kappa shape index (κ1) is 16.5. The van der Waals surface area contributed by atoms with E-state index in [0.717, 1.165) is 5.56 Å². The van der Waals surface area contributed by atoms with E-state index >= 15 is 0 Å². The summed E-state index contributed by atoms with van der Waals surface area (Å²) in [7, 11) is 0. The van der Waals surface area contributed by atoms with Crippen molar-refractivity contribution in [2.45, 2.75) is 6.61 Å². The molecule has 0 aromatic heterocycles. The molecule has 5 nitrogen and oxygen atoms in total. The molecule has 2 N–H and O–H groups in total. The highest BCUT2D eigenvalue weighted by molar-refractivity contribution is 5.94. The molecule has 120 valence electrons. The Morgan fingerprint density at radius 1 is 0.913 bits per heavy atom. The van der Waals surface area contributed by atoms with Crippen LogP contribution in [0.15, 0.2) is 54.6 Å². The van der Waals surface area contributed by atoms with Gasteiger partial charge in [-0.05, 0) is 29.8 Å². The van der Waals surface area contributed by atoms with Crippen LogP contribution in [0.2, 0.25) is 0 Å². The van der Waals surface area contributed by atoms with Gasteiger partial charge in [0.05, 0.1) is 0 Å². The fourth-order valence-corrected chi connectivity index (χ4v) is 1.82. The first-order valence-electron chi connectivity index (χ1n) is 7.13. The van der Waals surface area contributed by atoms with E-state index in [1.54, 1.807) is 0 Å². The first-order valence-corrected chi connectivity index (χ1v) is 7.13. The van der Waals surface area contributed by atoms with Gasteiger partial charge in [-0.3, -0.25) is 4.79 Å². The summed E-state index contributed by atoms with van der Waals surface area (Å²) in [5.74, 6) is -0.728. The van der Waals surface area contributed by atoms with Crippen LogP contribution in [0.5, 0.6) is 0 Å². The third-order valence-electron chi connectivity index (χ3n) is 3.00. The molecule has 0 radical (unpaired) electrons. The molecular weight excluding hydrogens is 299 g/mol. The maximum Gasteiger partial charge on any atom is 0.407 e. The second-order valence-corrected chi connectivity index (χ2v) is 4.75. The zero-order valence-electron chi connectivity index (χ0n) is 12.4. The number of halogens is 1. The van der Waals surface area contributed by atoms with E-state index in [9.17, 15) is 14.0 Å². The molecule has 0 aliphatic rings. The van der Waals surface area contributed by atoms with Crippen molar-refractivity contribution >= 4 is 12.0 Å². The van der Waals surface area contributed by atoms with Crippen LogP contribution in [-0.2, 0) is 11.3 Å². The number of carbonyl (C=O) groups is 2. The Kier molecular flexibility index (Phi) is 6.11. The summed E-state index contributed by atoms with van der Waals surface area (Å²) >= 11 is 0. The van der Waals surface area contributed by atoms with E-state index in [0.29, 0.717) is 5.56 Å². The van der Waals surface area contributed by atoms with Crippen LogP contribution >= 0.6 is 0 Å². The van der Waals surface area contributed by atoms with Crippen LogP contribution in [0.3, 0.4) is 0 Å². The first-order chi connectivity index (χ1) is 11.1. The number of rotatable bonds is 6. The van der Waals surface area contributed by atoms with Crippen molar-refractivity contribution in [3.05, 3.63) is 71.5 Å². The van der Waals surface area contributed by atoms with Gasteiger partial charge in [0.15, 0.2) is 0 Å². The highest BCUT2D eigenvalue weighted by Crippen LogP contribution is 2.02. The molecule has 2 aromatic carbocycles.